The highest BCUT2D eigenvalue weighted by atomic mass is 16.4. The van der Waals surface area contributed by atoms with Gasteiger partial charge in [0.1, 0.15) is 5.58 Å². The summed E-state index contributed by atoms with van der Waals surface area (Å²) < 4.78 is 5.39. The highest BCUT2D eigenvalue weighted by Crippen LogP contribution is 2.32. The molecule has 134 valence electrons. The third-order valence-corrected chi connectivity index (χ3v) is 4.75. The number of amides is 2. The van der Waals surface area contributed by atoms with E-state index >= 15 is 0 Å². The van der Waals surface area contributed by atoms with E-state index in [4.69, 9.17) is 4.42 Å². The number of anilines is 2. The number of carbonyl (C=O) groups is 1. The quantitative estimate of drug-likeness (QED) is 0.715. The average Bonchev–Trinajstić information content (AvgIpc) is 3.11. The van der Waals surface area contributed by atoms with Crippen LogP contribution in [0.15, 0.2) is 33.5 Å². The number of urea groups is 1. The average molecular weight is 343 g/mol. The predicted octanol–water partition coefficient (Wildman–Crippen LogP) is 4.07. The van der Waals surface area contributed by atoms with Crippen molar-refractivity contribution in [2.75, 3.05) is 10.6 Å². The summed E-state index contributed by atoms with van der Waals surface area (Å²) in [5, 5.41) is 9.77. The molecule has 1 atom stereocenters. The van der Waals surface area contributed by atoms with E-state index in [-0.39, 0.29) is 11.7 Å². The molecular formula is C19H25N3O3. The molecule has 1 fully saturated rings. The molecule has 2 amide bonds. The standard InChI is InChI=1S/C19H25N3O3/c1-3-12(2)20-19(24)22-17-16(21-13-8-4-5-9-13)14-10-6-7-11-15(14)25-18(17)23/h6-7,10-13,21H,3-5,8-9H2,1-2H3,(H2,20,22,24). The number of hydrogen-bond donors (Lipinski definition) is 3. The van der Waals surface area contributed by atoms with E-state index < -0.39 is 11.7 Å². The van der Waals surface area contributed by atoms with Gasteiger partial charge in [-0.3, -0.25) is 5.32 Å². The zero-order valence-electron chi connectivity index (χ0n) is 14.7. The number of para-hydroxylation sites is 1. The largest absolute Gasteiger partial charge is 0.421 e. The molecule has 1 aliphatic rings. The van der Waals surface area contributed by atoms with Crippen molar-refractivity contribution in [2.45, 2.75) is 58.0 Å². The van der Waals surface area contributed by atoms with Gasteiger partial charge in [-0.1, -0.05) is 31.9 Å². The SMILES string of the molecule is CCC(C)NC(=O)Nc1c(NC2CCCC2)c2ccccc2oc1=O. The first-order valence-corrected chi connectivity index (χ1v) is 8.98. The van der Waals surface area contributed by atoms with Gasteiger partial charge in [-0.15, -0.1) is 0 Å². The molecule has 0 saturated heterocycles. The number of fused-ring (bicyclic) bond motifs is 1. The van der Waals surface area contributed by atoms with E-state index in [0.717, 1.165) is 24.6 Å². The number of hydrogen-bond acceptors (Lipinski definition) is 4. The van der Waals surface area contributed by atoms with Crippen molar-refractivity contribution in [3.05, 3.63) is 34.7 Å². The van der Waals surface area contributed by atoms with E-state index in [1.54, 1.807) is 6.07 Å². The van der Waals surface area contributed by atoms with Gasteiger partial charge in [0, 0.05) is 17.5 Å². The van der Waals surface area contributed by atoms with Crippen LogP contribution in [-0.4, -0.2) is 18.1 Å². The second kappa shape index (κ2) is 7.59. The molecule has 1 aromatic heterocycles. The van der Waals surface area contributed by atoms with Crippen LogP contribution in [0.4, 0.5) is 16.2 Å². The number of rotatable bonds is 5. The van der Waals surface area contributed by atoms with Crippen LogP contribution in [0.5, 0.6) is 0 Å². The summed E-state index contributed by atoms with van der Waals surface area (Å²) in [7, 11) is 0. The van der Waals surface area contributed by atoms with Crippen molar-refractivity contribution in [1.29, 1.82) is 0 Å². The summed E-state index contributed by atoms with van der Waals surface area (Å²) in [6.07, 6.45) is 5.29. The maximum Gasteiger partial charge on any atom is 0.362 e. The van der Waals surface area contributed by atoms with Gasteiger partial charge >= 0.3 is 11.7 Å². The van der Waals surface area contributed by atoms with Crippen molar-refractivity contribution in [1.82, 2.24) is 5.32 Å². The third-order valence-electron chi connectivity index (χ3n) is 4.75. The molecule has 1 heterocycles. The zero-order valence-corrected chi connectivity index (χ0v) is 14.7. The summed E-state index contributed by atoms with van der Waals surface area (Å²) in [6.45, 7) is 3.91. The summed E-state index contributed by atoms with van der Waals surface area (Å²) in [6, 6.07) is 7.32. The fraction of sp³-hybridized carbons (Fsp3) is 0.474. The molecule has 1 unspecified atom stereocenters. The number of benzene rings is 1. The van der Waals surface area contributed by atoms with E-state index in [9.17, 15) is 9.59 Å². The highest BCUT2D eigenvalue weighted by molar-refractivity contribution is 6.01. The first-order chi connectivity index (χ1) is 12.1. The molecular weight excluding hydrogens is 318 g/mol. The Bertz CT molecular complexity index is 809. The van der Waals surface area contributed by atoms with Crippen LogP contribution in [0.3, 0.4) is 0 Å². The van der Waals surface area contributed by atoms with Crippen LogP contribution in [0.25, 0.3) is 11.0 Å². The summed E-state index contributed by atoms with van der Waals surface area (Å²) >= 11 is 0. The topological polar surface area (TPSA) is 83.4 Å². The van der Waals surface area contributed by atoms with Crippen molar-refractivity contribution < 1.29 is 9.21 Å². The van der Waals surface area contributed by atoms with Crippen molar-refractivity contribution in [2.24, 2.45) is 0 Å². The summed E-state index contributed by atoms with van der Waals surface area (Å²) in [5.74, 6) is 0. The lowest BCUT2D eigenvalue weighted by Gasteiger charge is -2.19. The fourth-order valence-corrected chi connectivity index (χ4v) is 3.16. The minimum absolute atomic E-state index is 0.0266. The Labute approximate surface area is 147 Å². The highest BCUT2D eigenvalue weighted by Gasteiger charge is 2.22. The Morgan fingerprint density at radius 3 is 2.68 bits per heavy atom. The Morgan fingerprint density at radius 1 is 1.24 bits per heavy atom. The van der Waals surface area contributed by atoms with Crippen LogP contribution in [0, 0.1) is 0 Å². The summed E-state index contributed by atoms with van der Waals surface area (Å²) in [5.41, 5.74) is 0.795. The fourth-order valence-electron chi connectivity index (χ4n) is 3.16. The molecule has 0 radical (unpaired) electrons. The molecule has 1 aromatic carbocycles. The number of nitrogens with one attached hydrogen (secondary N) is 3. The minimum Gasteiger partial charge on any atom is -0.421 e. The van der Waals surface area contributed by atoms with Gasteiger partial charge in [-0.2, -0.15) is 0 Å². The molecule has 2 aromatic rings. The lowest BCUT2D eigenvalue weighted by atomic mass is 10.1. The van der Waals surface area contributed by atoms with Crippen molar-refractivity contribution in [3.63, 3.8) is 0 Å². The lowest BCUT2D eigenvalue weighted by Crippen LogP contribution is -2.37. The van der Waals surface area contributed by atoms with Gasteiger partial charge in [0.15, 0.2) is 5.69 Å². The smallest absolute Gasteiger partial charge is 0.362 e. The first-order valence-electron chi connectivity index (χ1n) is 8.98. The molecule has 6 heteroatoms. The van der Waals surface area contributed by atoms with E-state index in [0.29, 0.717) is 17.3 Å². The molecule has 3 rings (SSSR count). The van der Waals surface area contributed by atoms with Gasteiger partial charge in [0.25, 0.3) is 0 Å². The van der Waals surface area contributed by atoms with E-state index in [2.05, 4.69) is 16.0 Å². The first kappa shape index (κ1) is 17.3. The maximum absolute atomic E-state index is 12.5. The normalized spacial score (nSPS) is 15.9. The van der Waals surface area contributed by atoms with Gasteiger partial charge in [0.2, 0.25) is 0 Å². The van der Waals surface area contributed by atoms with Crippen molar-refractivity contribution in [3.8, 4) is 0 Å². The second-order valence-corrected chi connectivity index (χ2v) is 6.67. The molecule has 0 spiro atoms. The van der Waals surface area contributed by atoms with Crippen LogP contribution in [0.2, 0.25) is 0 Å². The molecule has 0 aliphatic heterocycles. The van der Waals surface area contributed by atoms with Gasteiger partial charge < -0.3 is 15.1 Å². The van der Waals surface area contributed by atoms with Crippen LogP contribution < -0.4 is 21.6 Å². The molecule has 3 N–H and O–H groups in total. The molecule has 6 nitrogen and oxygen atoms in total. The van der Waals surface area contributed by atoms with Gasteiger partial charge in [-0.05, 0) is 38.3 Å². The maximum atomic E-state index is 12.5. The Balaban J connectivity index is 1.98. The predicted molar refractivity (Wildman–Crippen MR) is 100 cm³/mol. The molecule has 25 heavy (non-hydrogen) atoms. The van der Waals surface area contributed by atoms with E-state index in [1.807, 2.05) is 32.0 Å². The van der Waals surface area contributed by atoms with Crippen LogP contribution >= 0.6 is 0 Å². The second-order valence-electron chi connectivity index (χ2n) is 6.67. The minimum atomic E-state index is -0.543. The third kappa shape index (κ3) is 3.95. The Hall–Kier alpha value is -2.50. The van der Waals surface area contributed by atoms with Crippen LogP contribution in [0.1, 0.15) is 46.0 Å². The Kier molecular flexibility index (Phi) is 5.26. The lowest BCUT2D eigenvalue weighted by molar-refractivity contribution is 0.249. The van der Waals surface area contributed by atoms with E-state index in [1.165, 1.54) is 12.8 Å². The van der Waals surface area contributed by atoms with Gasteiger partial charge in [0.05, 0.1) is 5.69 Å². The zero-order chi connectivity index (χ0) is 17.8. The van der Waals surface area contributed by atoms with Crippen molar-refractivity contribution >= 4 is 28.4 Å². The van der Waals surface area contributed by atoms with Gasteiger partial charge in [-0.25, -0.2) is 9.59 Å². The number of carbonyl (C=O) groups excluding carboxylic acids is 1. The molecule has 1 saturated carbocycles. The molecule has 0 bridgehead atoms. The summed E-state index contributed by atoms with van der Waals surface area (Å²) in [4.78, 5) is 24.7. The van der Waals surface area contributed by atoms with Crippen LogP contribution in [-0.2, 0) is 0 Å². The monoisotopic (exact) mass is 343 g/mol. The Morgan fingerprint density at radius 2 is 1.96 bits per heavy atom. The molecule has 1 aliphatic carbocycles.